The third-order valence-corrected chi connectivity index (χ3v) is 2.99. The van der Waals surface area contributed by atoms with Crippen LogP contribution in [0.1, 0.15) is 26.7 Å². The maximum absolute atomic E-state index is 11.3. The third kappa shape index (κ3) is 7.07. The minimum Gasteiger partial charge on any atom is -0.465 e. The van der Waals surface area contributed by atoms with Crippen LogP contribution in [0.2, 0.25) is 0 Å². The molecule has 0 aliphatic rings. The van der Waals surface area contributed by atoms with Crippen LogP contribution in [0.3, 0.4) is 0 Å². The summed E-state index contributed by atoms with van der Waals surface area (Å²) in [6, 6.07) is 0. The van der Waals surface area contributed by atoms with E-state index in [9.17, 15) is 18.0 Å². The largest absolute Gasteiger partial charge is 0.465 e. The van der Waals surface area contributed by atoms with Crippen LogP contribution in [0.4, 0.5) is 0 Å². The fourth-order valence-corrected chi connectivity index (χ4v) is 2.21. The Morgan fingerprint density at radius 2 is 1.73 bits per heavy atom. The van der Waals surface area contributed by atoms with Gasteiger partial charge in [-0.25, -0.2) is 8.42 Å². The standard InChI is InChI=1S/C9H16O5S/c1-3-5-8(10)6-15(12,13)7-9(11)14-4-2/h3-7H2,1-2H3. The van der Waals surface area contributed by atoms with Crippen LogP contribution >= 0.6 is 0 Å². The van der Waals surface area contributed by atoms with Crippen molar-refractivity contribution in [1.82, 2.24) is 0 Å². The van der Waals surface area contributed by atoms with E-state index in [0.717, 1.165) is 0 Å². The summed E-state index contributed by atoms with van der Waals surface area (Å²) in [5.41, 5.74) is 0. The first kappa shape index (κ1) is 14.1. The number of esters is 1. The Hall–Kier alpha value is -0.910. The first-order valence-corrected chi connectivity index (χ1v) is 6.61. The van der Waals surface area contributed by atoms with Gasteiger partial charge < -0.3 is 4.74 Å². The van der Waals surface area contributed by atoms with Crippen molar-refractivity contribution in [2.45, 2.75) is 26.7 Å². The Balaban J connectivity index is 4.19. The molecular formula is C9H16O5S. The normalized spacial score (nSPS) is 11.1. The van der Waals surface area contributed by atoms with Crippen LogP contribution in [0.25, 0.3) is 0 Å². The summed E-state index contributed by atoms with van der Waals surface area (Å²) in [5.74, 6) is -2.45. The maximum Gasteiger partial charge on any atom is 0.321 e. The molecule has 0 saturated heterocycles. The minimum atomic E-state index is -3.65. The van der Waals surface area contributed by atoms with Crippen molar-refractivity contribution >= 4 is 21.6 Å². The Kier molecular flexibility index (Phi) is 6.15. The van der Waals surface area contributed by atoms with Gasteiger partial charge in [-0.3, -0.25) is 9.59 Å². The summed E-state index contributed by atoms with van der Waals surface area (Å²) in [6.07, 6.45) is 0.829. The molecule has 0 bridgehead atoms. The Morgan fingerprint density at radius 1 is 1.13 bits per heavy atom. The SMILES string of the molecule is CCCC(=O)CS(=O)(=O)CC(=O)OCC. The molecule has 0 N–H and O–H groups in total. The van der Waals surface area contributed by atoms with E-state index in [1.165, 1.54) is 0 Å². The number of hydrogen-bond acceptors (Lipinski definition) is 5. The molecule has 0 radical (unpaired) electrons. The average molecular weight is 236 g/mol. The first-order valence-electron chi connectivity index (χ1n) is 4.79. The first-order chi connectivity index (χ1) is 6.91. The zero-order chi connectivity index (χ0) is 11.9. The van der Waals surface area contributed by atoms with Crippen LogP contribution in [-0.2, 0) is 24.2 Å². The van der Waals surface area contributed by atoms with Crippen molar-refractivity contribution < 1.29 is 22.7 Å². The van der Waals surface area contributed by atoms with Crippen molar-refractivity contribution in [1.29, 1.82) is 0 Å². The van der Waals surface area contributed by atoms with E-state index in [1.807, 2.05) is 0 Å². The van der Waals surface area contributed by atoms with Gasteiger partial charge in [0.25, 0.3) is 0 Å². The molecule has 0 amide bonds. The second-order valence-electron chi connectivity index (χ2n) is 3.13. The van der Waals surface area contributed by atoms with Gasteiger partial charge in [0.2, 0.25) is 0 Å². The highest BCUT2D eigenvalue weighted by atomic mass is 32.2. The number of Topliss-reactive ketones (excluding diaryl/α,β-unsaturated/α-hetero) is 1. The number of carbonyl (C=O) groups is 2. The summed E-state index contributed by atoms with van der Waals surface area (Å²) in [5, 5.41) is 0. The van der Waals surface area contributed by atoms with Gasteiger partial charge in [-0.1, -0.05) is 6.92 Å². The summed E-state index contributed by atoms with van der Waals surface area (Å²) in [4.78, 5) is 22.0. The van der Waals surface area contributed by atoms with Crippen LogP contribution < -0.4 is 0 Å². The lowest BCUT2D eigenvalue weighted by molar-refractivity contribution is -0.139. The van der Waals surface area contributed by atoms with Gasteiger partial charge in [-0.05, 0) is 13.3 Å². The molecule has 88 valence electrons. The maximum atomic E-state index is 11.3. The molecule has 0 aliphatic carbocycles. The van der Waals surface area contributed by atoms with Crippen LogP contribution in [0, 0.1) is 0 Å². The predicted octanol–water partition coefficient (Wildman–Crippen LogP) is 0.333. The van der Waals surface area contributed by atoms with E-state index >= 15 is 0 Å². The molecule has 0 aliphatic heterocycles. The summed E-state index contributed by atoms with van der Waals surface area (Å²) in [7, 11) is -3.65. The van der Waals surface area contributed by atoms with Crippen molar-refractivity contribution in [3.63, 3.8) is 0 Å². The third-order valence-electron chi connectivity index (χ3n) is 1.55. The number of hydrogen-bond donors (Lipinski definition) is 0. The molecule has 5 nitrogen and oxygen atoms in total. The lowest BCUT2D eigenvalue weighted by atomic mass is 10.3. The molecule has 0 saturated carbocycles. The molecule has 6 heteroatoms. The van der Waals surface area contributed by atoms with Gasteiger partial charge in [-0.15, -0.1) is 0 Å². The van der Waals surface area contributed by atoms with E-state index in [0.29, 0.717) is 6.42 Å². The van der Waals surface area contributed by atoms with Gasteiger partial charge >= 0.3 is 5.97 Å². The van der Waals surface area contributed by atoms with Gasteiger partial charge in [0.1, 0.15) is 17.3 Å². The van der Waals surface area contributed by atoms with E-state index < -0.39 is 27.3 Å². The second-order valence-corrected chi connectivity index (χ2v) is 5.19. The highest BCUT2D eigenvalue weighted by molar-refractivity contribution is 7.92. The predicted molar refractivity (Wildman–Crippen MR) is 55.2 cm³/mol. The number of sulfone groups is 1. The van der Waals surface area contributed by atoms with Crippen LogP contribution in [0.15, 0.2) is 0 Å². The van der Waals surface area contributed by atoms with Gasteiger partial charge in [0.15, 0.2) is 9.84 Å². The van der Waals surface area contributed by atoms with Crippen LogP contribution in [0.5, 0.6) is 0 Å². The van der Waals surface area contributed by atoms with Gasteiger partial charge in [-0.2, -0.15) is 0 Å². The number of ketones is 1. The Bertz CT molecular complexity index is 291. The fourth-order valence-electron chi connectivity index (χ4n) is 1.03. The smallest absolute Gasteiger partial charge is 0.321 e. The fraction of sp³-hybridized carbons (Fsp3) is 0.778. The molecule has 0 unspecified atom stereocenters. The number of carbonyl (C=O) groups excluding carboxylic acids is 2. The number of ether oxygens (including phenoxy) is 1. The molecule has 0 aromatic carbocycles. The lowest BCUT2D eigenvalue weighted by Gasteiger charge is -2.03. The zero-order valence-corrected chi connectivity index (χ0v) is 9.80. The Morgan fingerprint density at radius 3 is 2.20 bits per heavy atom. The zero-order valence-electron chi connectivity index (χ0n) is 8.99. The van der Waals surface area contributed by atoms with E-state index in [-0.39, 0.29) is 18.8 Å². The van der Waals surface area contributed by atoms with Gasteiger partial charge in [0.05, 0.1) is 6.61 Å². The topological polar surface area (TPSA) is 77.5 Å². The highest BCUT2D eigenvalue weighted by Gasteiger charge is 2.20. The minimum absolute atomic E-state index is 0.136. The second kappa shape index (κ2) is 6.55. The quantitative estimate of drug-likeness (QED) is 0.595. The van der Waals surface area contributed by atoms with E-state index in [4.69, 9.17) is 0 Å². The molecule has 0 atom stereocenters. The molecule has 0 rings (SSSR count). The number of rotatable bonds is 7. The molecule has 0 heterocycles. The van der Waals surface area contributed by atoms with Crippen molar-refractivity contribution in [2.75, 3.05) is 18.1 Å². The molecule has 15 heavy (non-hydrogen) atoms. The molecule has 0 aromatic heterocycles. The van der Waals surface area contributed by atoms with E-state index in [2.05, 4.69) is 4.74 Å². The van der Waals surface area contributed by atoms with Crippen molar-refractivity contribution in [3.8, 4) is 0 Å². The summed E-state index contributed by atoms with van der Waals surface area (Å²) >= 11 is 0. The summed E-state index contributed by atoms with van der Waals surface area (Å²) < 4.78 is 27.0. The Labute approximate surface area is 89.7 Å². The molecule has 0 aromatic rings. The monoisotopic (exact) mass is 236 g/mol. The van der Waals surface area contributed by atoms with Crippen LogP contribution in [-0.4, -0.2) is 38.3 Å². The van der Waals surface area contributed by atoms with Crippen molar-refractivity contribution in [3.05, 3.63) is 0 Å². The lowest BCUT2D eigenvalue weighted by Crippen LogP contribution is -2.24. The molecular weight excluding hydrogens is 220 g/mol. The van der Waals surface area contributed by atoms with Gasteiger partial charge in [0, 0.05) is 6.42 Å². The van der Waals surface area contributed by atoms with Crippen molar-refractivity contribution in [2.24, 2.45) is 0 Å². The molecule has 0 spiro atoms. The highest BCUT2D eigenvalue weighted by Crippen LogP contribution is 1.98. The average Bonchev–Trinajstić information content (AvgIpc) is 2.01. The van der Waals surface area contributed by atoms with E-state index in [1.54, 1.807) is 13.8 Å². The summed E-state index contributed by atoms with van der Waals surface area (Å²) in [6.45, 7) is 3.51. The molecule has 0 fully saturated rings.